The molecule has 4 heteroatoms. The van der Waals surface area contributed by atoms with E-state index >= 15 is 0 Å². The Bertz CT molecular complexity index is 416. The van der Waals surface area contributed by atoms with E-state index in [9.17, 15) is 4.79 Å². The van der Waals surface area contributed by atoms with Crippen LogP contribution in [0.1, 0.15) is 19.4 Å². The molecule has 1 aliphatic heterocycles. The van der Waals surface area contributed by atoms with Gasteiger partial charge in [-0.15, -0.1) is 17.4 Å². The van der Waals surface area contributed by atoms with Crippen molar-refractivity contribution in [3.05, 3.63) is 29.8 Å². The minimum Gasteiger partial charge on any atom is -0.324 e. The molecule has 104 valence electrons. The quantitative estimate of drug-likeness (QED) is 0.774. The Balaban J connectivity index is 0.000000399. The number of hydrogen-bond acceptors (Lipinski definition) is 2. The van der Waals surface area contributed by atoms with Crippen molar-refractivity contribution in [3.63, 3.8) is 0 Å². The number of rotatable bonds is 1. The van der Waals surface area contributed by atoms with Gasteiger partial charge in [0, 0.05) is 12.2 Å². The molecule has 1 aliphatic rings. The van der Waals surface area contributed by atoms with E-state index in [0.29, 0.717) is 5.92 Å². The van der Waals surface area contributed by atoms with Crippen molar-refractivity contribution in [3.8, 4) is 0 Å². The van der Waals surface area contributed by atoms with Gasteiger partial charge in [0.05, 0.1) is 6.04 Å². The van der Waals surface area contributed by atoms with Crippen LogP contribution in [0.4, 0.5) is 5.69 Å². The second kappa shape index (κ2) is 7.69. The second-order valence-electron chi connectivity index (χ2n) is 5.98. The standard InChI is InChI=1S/C12H16N2O.3CH3.Al/c1-8(2)11-12(15)14-10-6-4-3-5-9(10)7-13-11;;;;/h3-6,8,11,13H,7H2,1-2H3,(H,14,15);3*1H3;/t11-;;;;/m0..../s1. The van der Waals surface area contributed by atoms with Crippen LogP contribution in [-0.4, -0.2) is 26.1 Å². The SMILES string of the molecule is CC(C)[C@@H]1NCc2ccccc2NC1=O.[CH3][Al]([CH3])[CH3]. The van der Waals surface area contributed by atoms with Gasteiger partial charge >= 0.3 is 0 Å². The summed E-state index contributed by atoms with van der Waals surface area (Å²) in [5.41, 5.74) is 2.08. The number of amides is 1. The van der Waals surface area contributed by atoms with Crippen molar-refractivity contribution in [2.24, 2.45) is 5.92 Å². The van der Waals surface area contributed by atoms with Crippen molar-refractivity contribution in [1.29, 1.82) is 0 Å². The van der Waals surface area contributed by atoms with Crippen LogP contribution in [0.2, 0.25) is 17.4 Å². The molecule has 0 radical (unpaired) electrons. The molecule has 2 rings (SSSR count). The maximum Gasteiger partial charge on any atom is 0.251 e. The van der Waals surface area contributed by atoms with Crippen molar-refractivity contribution in [2.45, 2.75) is 43.8 Å². The van der Waals surface area contributed by atoms with Crippen LogP contribution in [0, 0.1) is 5.92 Å². The minimum atomic E-state index is -0.139. The minimum absolute atomic E-state index is 0.0648. The third-order valence-electron chi connectivity index (χ3n) is 2.74. The summed E-state index contributed by atoms with van der Waals surface area (Å²) in [5.74, 6) is 7.29. The fraction of sp³-hybridized carbons (Fsp3) is 0.533. The van der Waals surface area contributed by atoms with Crippen molar-refractivity contribution in [2.75, 3.05) is 5.32 Å². The van der Waals surface area contributed by atoms with E-state index in [4.69, 9.17) is 0 Å². The normalized spacial score (nSPS) is 17.8. The number of hydrogen-bond donors (Lipinski definition) is 2. The number of nitrogens with one attached hydrogen (secondary N) is 2. The molecule has 3 nitrogen and oxygen atoms in total. The van der Waals surface area contributed by atoms with Gasteiger partial charge in [-0.05, 0) is 17.5 Å². The molecule has 0 saturated heterocycles. The first-order chi connectivity index (χ1) is 8.91. The lowest BCUT2D eigenvalue weighted by molar-refractivity contribution is -0.119. The number of carbonyl (C=O) groups is 1. The monoisotopic (exact) mass is 276 g/mol. The molecular formula is C15H25AlN2O. The molecular weight excluding hydrogens is 251 g/mol. The lowest BCUT2D eigenvalue weighted by Gasteiger charge is -2.17. The van der Waals surface area contributed by atoms with Gasteiger partial charge in [-0.2, -0.15) is 0 Å². The molecule has 0 spiro atoms. The Kier molecular flexibility index (Phi) is 6.58. The van der Waals surface area contributed by atoms with E-state index in [1.165, 1.54) is 0 Å². The third kappa shape index (κ3) is 5.36. The number of anilines is 1. The van der Waals surface area contributed by atoms with Gasteiger partial charge in [0.25, 0.3) is 14.1 Å². The van der Waals surface area contributed by atoms with Gasteiger partial charge in [-0.1, -0.05) is 32.0 Å². The van der Waals surface area contributed by atoms with E-state index in [0.717, 1.165) is 17.8 Å². The zero-order valence-electron chi connectivity index (χ0n) is 12.7. The summed E-state index contributed by atoms with van der Waals surface area (Å²) < 4.78 is 0. The van der Waals surface area contributed by atoms with Gasteiger partial charge in [0.1, 0.15) is 0 Å². The molecule has 0 aromatic heterocycles. The van der Waals surface area contributed by atoms with Gasteiger partial charge in [-0.3, -0.25) is 4.79 Å². The highest BCUT2D eigenvalue weighted by Crippen LogP contribution is 2.19. The number of carbonyl (C=O) groups excluding carboxylic acids is 1. The zero-order chi connectivity index (χ0) is 14.4. The number of fused-ring (bicyclic) bond motifs is 1. The maximum absolute atomic E-state index is 11.8. The lowest BCUT2D eigenvalue weighted by Crippen LogP contribution is -2.41. The third-order valence-corrected chi connectivity index (χ3v) is 2.74. The average Bonchev–Trinajstić information content (AvgIpc) is 2.46. The molecule has 1 heterocycles. The van der Waals surface area contributed by atoms with Crippen LogP contribution < -0.4 is 10.6 Å². The van der Waals surface area contributed by atoms with Gasteiger partial charge < -0.3 is 10.6 Å². The van der Waals surface area contributed by atoms with Crippen LogP contribution in [0.25, 0.3) is 0 Å². The van der Waals surface area contributed by atoms with Gasteiger partial charge in [0.15, 0.2) is 0 Å². The van der Waals surface area contributed by atoms with Crippen LogP contribution in [0.5, 0.6) is 0 Å². The Morgan fingerprint density at radius 1 is 1.21 bits per heavy atom. The second-order valence-corrected chi connectivity index (χ2v) is 9.45. The maximum atomic E-state index is 11.8. The number of benzene rings is 1. The van der Waals surface area contributed by atoms with Crippen molar-refractivity contribution < 1.29 is 4.79 Å². The predicted molar refractivity (Wildman–Crippen MR) is 83.9 cm³/mol. The molecule has 1 aromatic rings. The topological polar surface area (TPSA) is 41.1 Å². The Morgan fingerprint density at radius 3 is 2.37 bits per heavy atom. The van der Waals surface area contributed by atoms with Gasteiger partial charge in [-0.25, -0.2) is 0 Å². The summed E-state index contributed by atoms with van der Waals surface area (Å²) in [5, 5.41) is 6.23. The lowest BCUT2D eigenvalue weighted by atomic mass is 10.0. The first-order valence-corrected chi connectivity index (χ1v) is 10.5. The fourth-order valence-corrected chi connectivity index (χ4v) is 1.86. The van der Waals surface area contributed by atoms with E-state index in [1.807, 2.05) is 38.1 Å². The van der Waals surface area contributed by atoms with E-state index in [2.05, 4.69) is 28.0 Å². The van der Waals surface area contributed by atoms with Gasteiger partial charge in [0.2, 0.25) is 5.91 Å². The molecule has 2 N–H and O–H groups in total. The highest BCUT2D eigenvalue weighted by molar-refractivity contribution is 6.54. The molecule has 1 amide bonds. The molecule has 0 aliphatic carbocycles. The summed E-state index contributed by atoms with van der Waals surface area (Å²) in [7, 11) is 0. The van der Waals surface area contributed by atoms with Crippen molar-refractivity contribution in [1.82, 2.24) is 5.32 Å². The average molecular weight is 276 g/mol. The number of para-hydroxylation sites is 1. The molecule has 0 saturated carbocycles. The predicted octanol–water partition coefficient (Wildman–Crippen LogP) is 3.12. The molecule has 0 unspecified atom stereocenters. The highest BCUT2D eigenvalue weighted by atomic mass is 27.2. The van der Waals surface area contributed by atoms with Crippen LogP contribution >= 0.6 is 0 Å². The first-order valence-electron chi connectivity index (χ1n) is 7.04. The van der Waals surface area contributed by atoms with E-state index in [1.54, 1.807) is 0 Å². The molecule has 1 atom stereocenters. The smallest absolute Gasteiger partial charge is 0.251 e. The van der Waals surface area contributed by atoms with Crippen LogP contribution in [0.3, 0.4) is 0 Å². The summed E-state index contributed by atoms with van der Waals surface area (Å²) in [6.45, 7) is 4.85. The summed E-state index contributed by atoms with van der Waals surface area (Å²) in [4.78, 5) is 11.8. The molecule has 0 bridgehead atoms. The van der Waals surface area contributed by atoms with Crippen LogP contribution in [0.15, 0.2) is 24.3 Å². The van der Waals surface area contributed by atoms with Crippen molar-refractivity contribution >= 4 is 25.7 Å². The Labute approximate surface area is 121 Å². The molecule has 0 fully saturated rings. The Hall–Kier alpha value is -0.818. The molecule has 1 aromatic carbocycles. The largest absolute Gasteiger partial charge is 0.324 e. The molecule has 19 heavy (non-hydrogen) atoms. The van der Waals surface area contributed by atoms with E-state index in [-0.39, 0.29) is 26.1 Å². The summed E-state index contributed by atoms with van der Waals surface area (Å²) in [6, 6.07) is 7.80. The summed E-state index contributed by atoms with van der Waals surface area (Å²) >= 11 is -0.139. The fourth-order valence-electron chi connectivity index (χ4n) is 1.86. The zero-order valence-corrected chi connectivity index (χ0v) is 13.8. The van der Waals surface area contributed by atoms with Crippen LogP contribution in [-0.2, 0) is 11.3 Å². The highest BCUT2D eigenvalue weighted by Gasteiger charge is 2.25. The van der Waals surface area contributed by atoms with E-state index < -0.39 is 0 Å². The summed E-state index contributed by atoms with van der Waals surface area (Å²) in [6.07, 6.45) is 0. The Morgan fingerprint density at radius 2 is 1.79 bits per heavy atom. The first kappa shape index (κ1) is 16.2.